The van der Waals surface area contributed by atoms with Crippen LogP contribution in [-0.4, -0.2) is 15.1 Å². The number of aromatic nitrogens is 3. The molecule has 0 radical (unpaired) electrons. The number of hydrogen-bond donors (Lipinski definition) is 1. The molecule has 100 valence electrons. The number of para-hydroxylation sites is 1. The summed E-state index contributed by atoms with van der Waals surface area (Å²) >= 11 is 5.99. The van der Waals surface area contributed by atoms with Crippen LogP contribution in [0.3, 0.4) is 0 Å². The highest BCUT2D eigenvalue weighted by atomic mass is 35.5. The quantitative estimate of drug-likeness (QED) is 0.731. The highest BCUT2D eigenvalue weighted by molar-refractivity contribution is 6.33. The Hall–Kier alpha value is -2.40. The van der Waals surface area contributed by atoms with Gasteiger partial charge >= 0.3 is 0 Å². The largest absolute Gasteiger partial charge is 0.397 e. The standard InChI is InChI=1S/C14H11ClN4O/c1-8-4-3-7-17-12(8)13-18-14(20-19-13)9-5-2-6-10(15)11(9)16/h2-7H,16H2,1H3. The Morgan fingerprint density at radius 3 is 2.85 bits per heavy atom. The molecule has 3 rings (SSSR count). The number of rotatable bonds is 2. The van der Waals surface area contributed by atoms with Crippen molar-refractivity contribution in [3.05, 3.63) is 47.1 Å². The molecule has 0 unspecified atom stereocenters. The van der Waals surface area contributed by atoms with Crippen molar-refractivity contribution in [2.24, 2.45) is 0 Å². The zero-order chi connectivity index (χ0) is 14.1. The molecular weight excluding hydrogens is 276 g/mol. The molecule has 2 heterocycles. The second kappa shape index (κ2) is 4.94. The van der Waals surface area contributed by atoms with E-state index in [9.17, 15) is 0 Å². The van der Waals surface area contributed by atoms with Gasteiger partial charge < -0.3 is 10.3 Å². The Kier molecular flexibility index (Phi) is 3.12. The van der Waals surface area contributed by atoms with Gasteiger partial charge in [-0.15, -0.1) is 0 Å². The van der Waals surface area contributed by atoms with Gasteiger partial charge in [-0.3, -0.25) is 4.98 Å². The van der Waals surface area contributed by atoms with Gasteiger partial charge in [0.25, 0.3) is 5.89 Å². The van der Waals surface area contributed by atoms with Crippen molar-refractivity contribution in [3.63, 3.8) is 0 Å². The predicted molar refractivity (Wildman–Crippen MR) is 77.1 cm³/mol. The number of halogens is 1. The van der Waals surface area contributed by atoms with Gasteiger partial charge in [0.15, 0.2) is 0 Å². The molecule has 0 saturated heterocycles. The maximum absolute atomic E-state index is 5.99. The van der Waals surface area contributed by atoms with E-state index in [0.29, 0.717) is 33.7 Å². The lowest BCUT2D eigenvalue weighted by Crippen LogP contribution is -1.92. The van der Waals surface area contributed by atoms with E-state index < -0.39 is 0 Å². The van der Waals surface area contributed by atoms with E-state index in [1.54, 1.807) is 24.4 Å². The lowest BCUT2D eigenvalue weighted by atomic mass is 10.2. The van der Waals surface area contributed by atoms with Gasteiger partial charge in [0, 0.05) is 6.20 Å². The number of anilines is 1. The Morgan fingerprint density at radius 1 is 1.20 bits per heavy atom. The Balaban J connectivity index is 2.07. The zero-order valence-electron chi connectivity index (χ0n) is 10.7. The molecule has 0 aliphatic carbocycles. The molecule has 0 amide bonds. The molecule has 0 saturated carbocycles. The molecule has 6 heteroatoms. The molecule has 5 nitrogen and oxygen atoms in total. The highest BCUT2D eigenvalue weighted by Gasteiger charge is 2.16. The SMILES string of the molecule is Cc1cccnc1-c1noc(-c2cccc(Cl)c2N)n1. The molecular formula is C14H11ClN4O. The Labute approximate surface area is 120 Å². The molecule has 2 N–H and O–H groups in total. The first kappa shape index (κ1) is 12.6. The number of hydrogen-bond acceptors (Lipinski definition) is 5. The first-order valence-corrected chi connectivity index (χ1v) is 6.34. The van der Waals surface area contributed by atoms with Crippen LogP contribution in [0, 0.1) is 6.92 Å². The lowest BCUT2D eigenvalue weighted by molar-refractivity contribution is 0.432. The van der Waals surface area contributed by atoms with Crippen molar-refractivity contribution in [1.82, 2.24) is 15.1 Å². The summed E-state index contributed by atoms with van der Waals surface area (Å²) in [5.74, 6) is 0.752. The summed E-state index contributed by atoms with van der Waals surface area (Å²) < 4.78 is 5.26. The van der Waals surface area contributed by atoms with Crippen LogP contribution in [0.1, 0.15) is 5.56 Å². The minimum Gasteiger partial charge on any atom is -0.397 e. The van der Waals surface area contributed by atoms with Crippen molar-refractivity contribution in [2.75, 3.05) is 5.73 Å². The second-order valence-electron chi connectivity index (χ2n) is 4.29. The Morgan fingerprint density at radius 2 is 2.05 bits per heavy atom. The summed E-state index contributed by atoms with van der Waals surface area (Å²) in [7, 11) is 0. The molecule has 20 heavy (non-hydrogen) atoms. The first-order valence-electron chi connectivity index (χ1n) is 5.97. The monoisotopic (exact) mass is 286 g/mol. The van der Waals surface area contributed by atoms with Gasteiger partial charge in [0.1, 0.15) is 5.69 Å². The summed E-state index contributed by atoms with van der Waals surface area (Å²) in [4.78, 5) is 8.59. The zero-order valence-corrected chi connectivity index (χ0v) is 11.4. The van der Waals surface area contributed by atoms with Gasteiger partial charge in [0.2, 0.25) is 5.82 Å². The number of pyridine rings is 1. The average molecular weight is 287 g/mol. The van der Waals surface area contributed by atoms with Crippen molar-refractivity contribution in [2.45, 2.75) is 6.92 Å². The molecule has 0 atom stereocenters. The fraction of sp³-hybridized carbons (Fsp3) is 0.0714. The third kappa shape index (κ3) is 2.12. The maximum Gasteiger partial charge on any atom is 0.260 e. The first-order chi connectivity index (χ1) is 9.66. The molecule has 0 fully saturated rings. The summed E-state index contributed by atoms with van der Waals surface area (Å²) in [5, 5.41) is 4.40. The van der Waals surface area contributed by atoms with E-state index in [2.05, 4.69) is 15.1 Å². The van der Waals surface area contributed by atoms with Gasteiger partial charge in [-0.25, -0.2) is 0 Å². The van der Waals surface area contributed by atoms with E-state index in [1.165, 1.54) is 0 Å². The maximum atomic E-state index is 5.99. The van der Waals surface area contributed by atoms with Crippen molar-refractivity contribution in [1.29, 1.82) is 0 Å². The molecule has 1 aromatic carbocycles. The van der Waals surface area contributed by atoms with Crippen LogP contribution < -0.4 is 5.73 Å². The van der Waals surface area contributed by atoms with E-state index in [-0.39, 0.29) is 0 Å². The summed E-state index contributed by atoms with van der Waals surface area (Å²) in [6.07, 6.45) is 1.69. The Bertz CT molecular complexity index is 769. The van der Waals surface area contributed by atoms with Crippen LogP contribution >= 0.6 is 11.6 Å². The smallest absolute Gasteiger partial charge is 0.260 e. The van der Waals surface area contributed by atoms with Crippen LogP contribution in [0.5, 0.6) is 0 Å². The van der Waals surface area contributed by atoms with Crippen LogP contribution in [0.2, 0.25) is 5.02 Å². The number of nitrogens with two attached hydrogens (primary N) is 1. The molecule has 0 bridgehead atoms. The number of benzene rings is 1. The normalized spacial score (nSPS) is 10.7. The van der Waals surface area contributed by atoms with Crippen LogP contribution in [0.25, 0.3) is 23.0 Å². The van der Waals surface area contributed by atoms with Crippen LogP contribution in [0.15, 0.2) is 41.1 Å². The van der Waals surface area contributed by atoms with E-state index in [1.807, 2.05) is 19.1 Å². The number of aryl methyl sites for hydroxylation is 1. The van der Waals surface area contributed by atoms with Crippen molar-refractivity contribution < 1.29 is 4.52 Å². The molecule has 0 aliphatic heterocycles. The van der Waals surface area contributed by atoms with Crippen molar-refractivity contribution in [3.8, 4) is 23.0 Å². The second-order valence-corrected chi connectivity index (χ2v) is 4.70. The predicted octanol–water partition coefficient (Wildman–Crippen LogP) is 3.34. The van der Waals surface area contributed by atoms with E-state index >= 15 is 0 Å². The third-order valence-corrected chi connectivity index (χ3v) is 3.26. The minimum atomic E-state index is 0.324. The minimum absolute atomic E-state index is 0.324. The molecule has 3 aromatic rings. The average Bonchev–Trinajstić information content (AvgIpc) is 2.92. The van der Waals surface area contributed by atoms with Crippen molar-refractivity contribution >= 4 is 17.3 Å². The lowest BCUT2D eigenvalue weighted by Gasteiger charge is -2.01. The molecule has 2 aromatic heterocycles. The van der Waals surface area contributed by atoms with Gasteiger partial charge in [-0.2, -0.15) is 4.98 Å². The van der Waals surface area contributed by atoms with E-state index in [4.69, 9.17) is 21.9 Å². The fourth-order valence-corrected chi connectivity index (χ4v) is 2.05. The summed E-state index contributed by atoms with van der Waals surface area (Å²) in [6.45, 7) is 1.94. The van der Waals surface area contributed by atoms with Crippen LogP contribution in [0.4, 0.5) is 5.69 Å². The third-order valence-electron chi connectivity index (χ3n) is 2.93. The number of nitrogen functional groups attached to an aromatic ring is 1. The van der Waals surface area contributed by atoms with Gasteiger partial charge in [-0.05, 0) is 30.7 Å². The topological polar surface area (TPSA) is 77.8 Å². The van der Waals surface area contributed by atoms with Gasteiger partial charge in [0.05, 0.1) is 16.3 Å². The molecule has 0 aliphatic rings. The summed E-state index contributed by atoms with van der Waals surface area (Å²) in [6, 6.07) is 9.06. The summed E-state index contributed by atoms with van der Waals surface area (Å²) in [5.41, 5.74) is 8.61. The van der Waals surface area contributed by atoms with Gasteiger partial charge in [-0.1, -0.05) is 28.9 Å². The fourth-order valence-electron chi connectivity index (χ4n) is 1.87. The highest BCUT2D eigenvalue weighted by Crippen LogP contribution is 2.31. The molecule has 0 spiro atoms. The van der Waals surface area contributed by atoms with E-state index in [0.717, 1.165) is 5.56 Å². The number of nitrogens with zero attached hydrogens (tertiary/aromatic N) is 3. The van der Waals surface area contributed by atoms with Crippen LogP contribution in [-0.2, 0) is 0 Å².